The van der Waals surface area contributed by atoms with Crippen molar-refractivity contribution in [1.29, 1.82) is 0 Å². The largest absolute Gasteiger partial charge is 0.481 e. The molecule has 2 saturated heterocycles. The highest BCUT2D eigenvalue weighted by molar-refractivity contribution is 6.24. The van der Waals surface area contributed by atoms with E-state index in [0.29, 0.717) is 4.90 Å². The summed E-state index contributed by atoms with van der Waals surface area (Å²) in [4.78, 5) is 63.1. The average Bonchev–Trinajstić information content (AvgIpc) is 3.42. The Morgan fingerprint density at radius 1 is 0.977 bits per heavy atom. The summed E-state index contributed by atoms with van der Waals surface area (Å²) in [7, 11) is 0. The van der Waals surface area contributed by atoms with Gasteiger partial charge in [0.25, 0.3) is 5.69 Å². The first kappa shape index (κ1) is 29.2. The molecule has 5 rings (SSSR count). The fourth-order valence-corrected chi connectivity index (χ4v) is 5.61. The number of carboxylic acids is 2. The van der Waals surface area contributed by atoms with Gasteiger partial charge < -0.3 is 14.9 Å². The Morgan fingerprint density at radius 3 is 2.26 bits per heavy atom. The molecule has 3 aromatic rings. The molecular weight excluding hydrogens is 579 g/mol. The lowest BCUT2D eigenvalue weighted by Gasteiger charge is -2.29. The molecular formula is C28H20F3N3O9. The molecule has 2 fully saturated rings. The molecule has 0 spiro atoms. The number of halogens is 3. The van der Waals surface area contributed by atoms with Gasteiger partial charge in [-0.2, -0.15) is 13.2 Å². The molecule has 3 N–H and O–H groups in total. The van der Waals surface area contributed by atoms with Gasteiger partial charge in [0.1, 0.15) is 17.0 Å². The number of ether oxygens (including phenoxy) is 1. The van der Waals surface area contributed by atoms with Crippen LogP contribution >= 0.6 is 0 Å². The molecule has 0 radical (unpaired) electrons. The standard InChI is InChI=1S/C28H20F3N3O9/c29-28(30,31)15-5-2-9-19(11-15)43-18-8-1-4-14(10-18)23-21-22(27(32-23,26(39)40)13-20(35)36)25(38)33(24(21)37)16-6-3-7-17(12-16)34(41)42/h1-12,21-23,32H,13H2,(H,35,36)(H,39,40). The summed E-state index contributed by atoms with van der Waals surface area (Å²) in [6, 6.07) is 12.9. The van der Waals surface area contributed by atoms with Gasteiger partial charge in [-0.15, -0.1) is 0 Å². The Morgan fingerprint density at radius 2 is 1.63 bits per heavy atom. The molecule has 3 aromatic carbocycles. The Kier molecular flexibility index (Phi) is 7.13. The van der Waals surface area contributed by atoms with Crippen molar-refractivity contribution in [2.24, 2.45) is 11.8 Å². The van der Waals surface area contributed by atoms with E-state index in [1.807, 2.05) is 0 Å². The van der Waals surface area contributed by atoms with Gasteiger partial charge in [-0.1, -0.05) is 24.3 Å². The van der Waals surface area contributed by atoms with Gasteiger partial charge in [-0.3, -0.25) is 34.6 Å². The first-order chi connectivity index (χ1) is 20.2. The monoisotopic (exact) mass is 599 g/mol. The van der Waals surface area contributed by atoms with Gasteiger partial charge in [-0.25, -0.2) is 4.90 Å². The third-order valence-electron chi connectivity index (χ3n) is 7.38. The Bertz CT molecular complexity index is 1680. The first-order valence-electron chi connectivity index (χ1n) is 12.5. The minimum absolute atomic E-state index is 0.00791. The quantitative estimate of drug-likeness (QED) is 0.194. The maximum absolute atomic E-state index is 13.8. The lowest BCUT2D eigenvalue weighted by molar-refractivity contribution is -0.384. The van der Waals surface area contributed by atoms with E-state index in [9.17, 15) is 52.7 Å². The smallest absolute Gasteiger partial charge is 0.416 e. The Balaban J connectivity index is 1.57. The van der Waals surface area contributed by atoms with E-state index in [1.54, 1.807) is 0 Å². The van der Waals surface area contributed by atoms with Crippen molar-refractivity contribution in [3.63, 3.8) is 0 Å². The topological polar surface area (TPSA) is 176 Å². The number of nitro groups is 1. The molecule has 222 valence electrons. The van der Waals surface area contributed by atoms with Gasteiger partial charge in [-0.05, 0) is 42.0 Å². The summed E-state index contributed by atoms with van der Waals surface area (Å²) >= 11 is 0. The zero-order valence-electron chi connectivity index (χ0n) is 21.6. The lowest BCUT2D eigenvalue weighted by Crippen LogP contribution is -2.57. The third-order valence-corrected chi connectivity index (χ3v) is 7.38. The molecule has 0 aliphatic carbocycles. The Labute approximate surface area is 239 Å². The normalized spacial score (nSPS) is 23.2. The molecule has 15 heteroatoms. The molecule has 2 amide bonds. The van der Waals surface area contributed by atoms with Crippen LogP contribution in [0.1, 0.15) is 23.6 Å². The van der Waals surface area contributed by atoms with E-state index in [4.69, 9.17) is 4.74 Å². The van der Waals surface area contributed by atoms with E-state index >= 15 is 0 Å². The van der Waals surface area contributed by atoms with Gasteiger partial charge in [0.2, 0.25) is 11.8 Å². The second-order valence-corrected chi connectivity index (χ2v) is 9.96. The van der Waals surface area contributed by atoms with Crippen LogP contribution in [0.15, 0.2) is 72.8 Å². The molecule has 0 bridgehead atoms. The van der Waals surface area contributed by atoms with Crippen molar-refractivity contribution in [3.8, 4) is 11.5 Å². The number of benzene rings is 3. The number of amides is 2. The van der Waals surface area contributed by atoms with E-state index in [1.165, 1.54) is 42.5 Å². The number of imide groups is 1. The number of anilines is 1. The zero-order valence-corrected chi connectivity index (χ0v) is 21.6. The number of nitrogens with zero attached hydrogens (tertiary/aromatic N) is 2. The summed E-state index contributed by atoms with van der Waals surface area (Å²) in [6.07, 6.45) is -5.73. The predicted molar refractivity (Wildman–Crippen MR) is 139 cm³/mol. The number of rotatable bonds is 8. The molecule has 2 aliphatic heterocycles. The van der Waals surface area contributed by atoms with Crippen LogP contribution in [-0.4, -0.2) is 44.4 Å². The molecule has 0 saturated carbocycles. The number of carbonyl (C=O) groups is 4. The summed E-state index contributed by atoms with van der Waals surface area (Å²) in [5.74, 6) is -8.64. The number of nitrogens with one attached hydrogen (secondary N) is 1. The highest BCUT2D eigenvalue weighted by atomic mass is 19.4. The number of carbonyl (C=O) groups excluding carboxylic acids is 2. The van der Waals surface area contributed by atoms with Crippen LogP contribution < -0.4 is 15.0 Å². The van der Waals surface area contributed by atoms with Gasteiger partial charge >= 0.3 is 18.1 Å². The maximum Gasteiger partial charge on any atom is 0.416 e. The van der Waals surface area contributed by atoms with E-state index in [-0.39, 0.29) is 22.7 Å². The van der Waals surface area contributed by atoms with Crippen LogP contribution in [0.5, 0.6) is 11.5 Å². The summed E-state index contributed by atoms with van der Waals surface area (Å²) in [5.41, 5.74) is -3.89. The summed E-state index contributed by atoms with van der Waals surface area (Å²) < 4.78 is 45.1. The highest BCUT2D eigenvalue weighted by Gasteiger charge is 2.69. The van der Waals surface area contributed by atoms with Gasteiger partial charge in [0, 0.05) is 18.2 Å². The number of alkyl halides is 3. The number of non-ortho nitro benzene ring substituents is 1. The second-order valence-electron chi connectivity index (χ2n) is 9.96. The van der Waals surface area contributed by atoms with Gasteiger partial charge in [0.05, 0.1) is 34.4 Å². The fourth-order valence-electron chi connectivity index (χ4n) is 5.61. The first-order valence-corrected chi connectivity index (χ1v) is 12.5. The van der Waals surface area contributed by atoms with Crippen LogP contribution in [0, 0.1) is 22.0 Å². The summed E-state index contributed by atoms with van der Waals surface area (Å²) in [6.45, 7) is 0. The fraction of sp³-hybridized carbons (Fsp3) is 0.214. The molecule has 2 heterocycles. The molecule has 0 aromatic heterocycles. The highest BCUT2D eigenvalue weighted by Crippen LogP contribution is 2.51. The molecule has 4 atom stereocenters. The van der Waals surface area contributed by atoms with Crippen molar-refractivity contribution in [2.75, 3.05) is 4.90 Å². The number of hydrogen-bond acceptors (Lipinski definition) is 8. The molecule has 12 nitrogen and oxygen atoms in total. The number of nitro benzene ring substituents is 1. The van der Waals surface area contributed by atoms with Crippen LogP contribution in [-0.2, 0) is 25.4 Å². The van der Waals surface area contributed by atoms with Crippen LogP contribution in [0.2, 0.25) is 0 Å². The van der Waals surface area contributed by atoms with E-state index in [2.05, 4.69) is 5.32 Å². The van der Waals surface area contributed by atoms with Crippen molar-refractivity contribution >= 4 is 35.1 Å². The number of fused-ring (bicyclic) bond motifs is 1. The minimum atomic E-state index is -4.63. The van der Waals surface area contributed by atoms with Crippen molar-refractivity contribution < 1.29 is 52.2 Å². The average molecular weight is 599 g/mol. The van der Waals surface area contributed by atoms with Gasteiger partial charge in [0.15, 0.2) is 0 Å². The maximum atomic E-state index is 13.8. The minimum Gasteiger partial charge on any atom is -0.481 e. The number of hydrogen-bond donors (Lipinski definition) is 3. The number of carboxylic acid groups (broad SMARTS) is 2. The van der Waals surface area contributed by atoms with Crippen molar-refractivity contribution in [3.05, 3.63) is 94.0 Å². The summed E-state index contributed by atoms with van der Waals surface area (Å²) in [5, 5.41) is 33.8. The third kappa shape index (κ3) is 5.14. The van der Waals surface area contributed by atoms with Crippen molar-refractivity contribution in [2.45, 2.75) is 24.2 Å². The van der Waals surface area contributed by atoms with Crippen LogP contribution in [0.3, 0.4) is 0 Å². The van der Waals surface area contributed by atoms with Crippen molar-refractivity contribution in [1.82, 2.24) is 5.32 Å². The molecule has 4 unspecified atom stereocenters. The second kappa shape index (κ2) is 10.5. The van der Waals surface area contributed by atoms with E-state index in [0.717, 1.165) is 30.3 Å². The molecule has 2 aliphatic rings. The number of aliphatic carboxylic acids is 2. The van der Waals surface area contributed by atoms with E-state index < -0.39 is 75.9 Å². The zero-order chi connectivity index (χ0) is 31.3. The Hall–Kier alpha value is -5.31. The predicted octanol–water partition coefficient (Wildman–Crippen LogP) is 4.15. The molecule has 43 heavy (non-hydrogen) atoms. The SMILES string of the molecule is O=C(O)CC1(C(=O)O)NC(c2cccc(Oc3cccc(C(F)(F)F)c3)c2)C2C(=O)N(c3cccc([N+](=O)[O-])c3)C(=O)C21. The van der Waals surface area contributed by atoms with Crippen LogP contribution in [0.25, 0.3) is 0 Å². The lowest BCUT2D eigenvalue weighted by atomic mass is 9.77. The van der Waals surface area contributed by atoms with Crippen LogP contribution in [0.4, 0.5) is 24.5 Å².